The summed E-state index contributed by atoms with van der Waals surface area (Å²) in [5.74, 6) is 0. The Labute approximate surface area is 148 Å². The summed E-state index contributed by atoms with van der Waals surface area (Å²) in [6.07, 6.45) is 6.41. The number of carbonyl (C=O) groups excluding carboxylic acids is 1. The molecule has 2 atom stereocenters. The van der Waals surface area contributed by atoms with Gasteiger partial charge in [-0.2, -0.15) is 0 Å². The molecule has 0 bridgehead atoms. The number of thioether (sulfide) groups is 1. The van der Waals surface area contributed by atoms with Gasteiger partial charge in [0.15, 0.2) is 0 Å². The summed E-state index contributed by atoms with van der Waals surface area (Å²) in [5, 5.41) is 3.54. The number of ether oxygens (including phenoxy) is 1. The Morgan fingerprint density at radius 3 is 2.09 bits per heavy atom. The largest absolute Gasteiger partial charge is 0.454 e. The van der Waals surface area contributed by atoms with Crippen LogP contribution in [0.2, 0.25) is 0 Å². The van der Waals surface area contributed by atoms with E-state index < -0.39 is 0 Å². The molecule has 0 aromatic heterocycles. The number of hydrogen-bond acceptors (Lipinski definition) is 4. The van der Waals surface area contributed by atoms with E-state index in [1.807, 2.05) is 20.8 Å². The Bertz CT molecular complexity index is 331. The summed E-state index contributed by atoms with van der Waals surface area (Å²) in [6.45, 7) is 17.1. The maximum atomic E-state index is 12.0. The van der Waals surface area contributed by atoms with Gasteiger partial charge in [0.1, 0.15) is 6.10 Å². The molecule has 3 nitrogen and oxygen atoms in total. The van der Waals surface area contributed by atoms with Crippen molar-refractivity contribution in [3.05, 3.63) is 0 Å². The van der Waals surface area contributed by atoms with Crippen molar-refractivity contribution < 1.29 is 9.53 Å². The van der Waals surface area contributed by atoms with Crippen LogP contribution in [-0.4, -0.2) is 27.7 Å². The minimum absolute atomic E-state index is 0.0643. The van der Waals surface area contributed by atoms with Gasteiger partial charge in [0.2, 0.25) is 0 Å². The lowest BCUT2D eigenvalue weighted by atomic mass is 9.99. The maximum absolute atomic E-state index is 12.0. The van der Waals surface area contributed by atoms with E-state index in [4.69, 9.17) is 4.74 Å². The van der Waals surface area contributed by atoms with Crippen LogP contribution in [0.4, 0.5) is 4.79 Å². The molecule has 0 aliphatic carbocycles. The Balaban J connectivity index is 4.29. The van der Waals surface area contributed by atoms with Gasteiger partial charge >= 0.3 is 5.30 Å². The van der Waals surface area contributed by atoms with Gasteiger partial charge in [-0.05, 0) is 64.6 Å². The first-order valence-corrected chi connectivity index (χ1v) is 9.95. The van der Waals surface area contributed by atoms with Gasteiger partial charge in [0, 0.05) is 16.3 Å². The first kappa shape index (κ1) is 22.8. The molecule has 0 aromatic carbocycles. The predicted octanol–water partition coefficient (Wildman–Crippen LogP) is 6.16. The van der Waals surface area contributed by atoms with E-state index >= 15 is 0 Å². The molecule has 0 saturated heterocycles. The average Bonchev–Trinajstić information content (AvgIpc) is 2.33. The lowest BCUT2D eigenvalue weighted by Gasteiger charge is -2.28. The van der Waals surface area contributed by atoms with Crippen molar-refractivity contribution >= 4 is 17.1 Å². The van der Waals surface area contributed by atoms with E-state index in [2.05, 4.69) is 39.9 Å². The molecule has 0 amide bonds. The van der Waals surface area contributed by atoms with E-state index in [-0.39, 0.29) is 21.7 Å². The van der Waals surface area contributed by atoms with Gasteiger partial charge in [0.05, 0.1) is 0 Å². The van der Waals surface area contributed by atoms with Crippen LogP contribution in [0.15, 0.2) is 0 Å². The first-order chi connectivity index (χ1) is 10.5. The Morgan fingerprint density at radius 2 is 1.65 bits per heavy atom. The standard InChI is InChI=1S/C19H39NO2S/c1-9-12-16(22-17(21)23-19(6,7)8)14-11-13-15(10-2)20-18(3,4)5/h15-16,20H,9-14H2,1-8H3. The van der Waals surface area contributed by atoms with Crippen molar-refractivity contribution in [2.75, 3.05) is 0 Å². The zero-order chi connectivity index (χ0) is 18.1. The average molecular weight is 346 g/mol. The molecule has 0 spiro atoms. The number of hydrogen-bond donors (Lipinski definition) is 1. The van der Waals surface area contributed by atoms with E-state index in [1.54, 1.807) is 0 Å². The third-order valence-electron chi connectivity index (χ3n) is 3.47. The normalized spacial score (nSPS) is 15.3. The smallest absolute Gasteiger partial charge is 0.368 e. The highest BCUT2D eigenvalue weighted by Gasteiger charge is 2.22. The van der Waals surface area contributed by atoms with Crippen LogP contribution < -0.4 is 5.32 Å². The summed E-state index contributed by atoms with van der Waals surface area (Å²) >= 11 is 1.29. The fraction of sp³-hybridized carbons (Fsp3) is 0.947. The fourth-order valence-electron chi connectivity index (χ4n) is 2.58. The van der Waals surface area contributed by atoms with Crippen molar-refractivity contribution in [3.63, 3.8) is 0 Å². The van der Waals surface area contributed by atoms with Gasteiger partial charge < -0.3 is 10.1 Å². The van der Waals surface area contributed by atoms with Crippen LogP contribution in [0.3, 0.4) is 0 Å². The molecule has 1 N–H and O–H groups in total. The SMILES string of the molecule is CCCC(CCCC(CC)NC(C)(C)C)OC(=O)SC(C)(C)C. The molecule has 0 heterocycles. The highest BCUT2D eigenvalue weighted by Crippen LogP contribution is 2.27. The van der Waals surface area contributed by atoms with Crippen LogP contribution in [0.5, 0.6) is 0 Å². The fourth-order valence-corrected chi connectivity index (χ4v) is 3.26. The number of nitrogens with one attached hydrogen (secondary N) is 1. The van der Waals surface area contributed by atoms with Crippen LogP contribution in [0.25, 0.3) is 0 Å². The first-order valence-electron chi connectivity index (χ1n) is 9.14. The van der Waals surface area contributed by atoms with Gasteiger partial charge in [-0.3, -0.25) is 0 Å². The third-order valence-corrected chi connectivity index (χ3v) is 4.35. The molecule has 0 aliphatic rings. The van der Waals surface area contributed by atoms with Crippen LogP contribution in [0.1, 0.15) is 93.9 Å². The Morgan fingerprint density at radius 1 is 1.04 bits per heavy atom. The zero-order valence-electron chi connectivity index (χ0n) is 16.6. The van der Waals surface area contributed by atoms with Crippen molar-refractivity contribution in [1.82, 2.24) is 5.32 Å². The number of rotatable bonds is 9. The third kappa shape index (κ3) is 13.9. The summed E-state index contributed by atoms with van der Waals surface area (Å²) in [5.41, 5.74) is 0.152. The molecule has 4 heteroatoms. The summed E-state index contributed by atoms with van der Waals surface area (Å²) in [4.78, 5) is 12.0. The van der Waals surface area contributed by atoms with Gasteiger partial charge in [-0.15, -0.1) is 0 Å². The second-order valence-electron chi connectivity index (χ2n) is 8.42. The van der Waals surface area contributed by atoms with Gasteiger partial charge in [0.25, 0.3) is 0 Å². The zero-order valence-corrected chi connectivity index (χ0v) is 17.4. The van der Waals surface area contributed by atoms with Gasteiger partial charge in [-0.25, -0.2) is 4.79 Å². The molecular formula is C19H39NO2S. The monoisotopic (exact) mass is 345 g/mol. The Kier molecular flexibility index (Phi) is 10.5. The van der Waals surface area contributed by atoms with E-state index in [0.717, 1.165) is 38.5 Å². The van der Waals surface area contributed by atoms with Crippen LogP contribution >= 0.6 is 11.8 Å². The molecule has 138 valence electrons. The van der Waals surface area contributed by atoms with Crippen LogP contribution in [0, 0.1) is 0 Å². The minimum Gasteiger partial charge on any atom is -0.454 e. The van der Waals surface area contributed by atoms with Crippen molar-refractivity contribution in [1.29, 1.82) is 0 Å². The molecule has 0 radical (unpaired) electrons. The van der Waals surface area contributed by atoms with Crippen molar-refractivity contribution in [3.8, 4) is 0 Å². The molecule has 0 saturated carbocycles. The molecule has 2 unspecified atom stereocenters. The topological polar surface area (TPSA) is 38.3 Å². The van der Waals surface area contributed by atoms with E-state index in [1.165, 1.54) is 11.8 Å². The summed E-state index contributed by atoms with van der Waals surface area (Å²) in [7, 11) is 0. The molecule has 0 aliphatic heterocycles. The maximum Gasteiger partial charge on any atom is 0.368 e. The van der Waals surface area contributed by atoms with E-state index in [0.29, 0.717) is 6.04 Å². The van der Waals surface area contributed by atoms with E-state index in [9.17, 15) is 4.79 Å². The Hall–Kier alpha value is -0.220. The summed E-state index contributed by atoms with van der Waals surface area (Å²) < 4.78 is 5.60. The lowest BCUT2D eigenvalue weighted by Crippen LogP contribution is -2.43. The lowest BCUT2D eigenvalue weighted by molar-refractivity contribution is 0.107. The molecule has 0 aromatic rings. The quantitative estimate of drug-likeness (QED) is 0.508. The number of carbonyl (C=O) groups is 1. The van der Waals surface area contributed by atoms with Crippen molar-refractivity contribution in [2.24, 2.45) is 0 Å². The highest BCUT2D eigenvalue weighted by atomic mass is 32.2. The van der Waals surface area contributed by atoms with Gasteiger partial charge in [-0.1, -0.05) is 41.0 Å². The summed E-state index contributed by atoms with van der Waals surface area (Å²) in [6, 6.07) is 0.539. The predicted molar refractivity (Wildman–Crippen MR) is 103 cm³/mol. The minimum atomic E-state index is -0.129. The molecule has 0 rings (SSSR count). The molecule has 0 fully saturated rings. The molecule has 23 heavy (non-hydrogen) atoms. The second-order valence-corrected chi connectivity index (χ2v) is 10.2. The van der Waals surface area contributed by atoms with Crippen LogP contribution in [-0.2, 0) is 4.74 Å². The van der Waals surface area contributed by atoms with Crippen molar-refractivity contribution in [2.45, 2.75) is 116 Å². The highest BCUT2D eigenvalue weighted by molar-refractivity contribution is 8.14. The second kappa shape index (κ2) is 10.6. The molecular weight excluding hydrogens is 306 g/mol.